The number of hydrogen-bond donors (Lipinski definition) is 0. The number of hydrogen-bond acceptors (Lipinski definition) is 4. The first kappa shape index (κ1) is 15.8. The van der Waals surface area contributed by atoms with Gasteiger partial charge in [-0.05, 0) is 32.1 Å². The fraction of sp³-hybridized carbons (Fsp3) is 0.294. The van der Waals surface area contributed by atoms with Crippen LogP contribution in [0.4, 0.5) is 0 Å². The zero-order valence-corrected chi connectivity index (χ0v) is 12.7. The summed E-state index contributed by atoms with van der Waals surface area (Å²) in [5.41, 5.74) is 1.67. The van der Waals surface area contributed by atoms with Crippen LogP contribution in [0, 0.1) is 0 Å². The highest BCUT2D eigenvalue weighted by molar-refractivity contribution is 5.90. The third kappa shape index (κ3) is 3.75. The van der Waals surface area contributed by atoms with Crippen molar-refractivity contribution in [3.8, 4) is 0 Å². The SMILES string of the molecule is CCOC(=O)/C=C/c1cc2ccccc2n1CC(=O)OCC. The van der Waals surface area contributed by atoms with Gasteiger partial charge in [0.2, 0.25) is 0 Å². The van der Waals surface area contributed by atoms with Crippen LogP contribution < -0.4 is 0 Å². The van der Waals surface area contributed by atoms with E-state index in [9.17, 15) is 9.59 Å². The van der Waals surface area contributed by atoms with Crippen LogP contribution in [0.3, 0.4) is 0 Å². The smallest absolute Gasteiger partial charge is 0.330 e. The van der Waals surface area contributed by atoms with Gasteiger partial charge in [-0.15, -0.1) is 0 Å². The van der Waals surface area contributed by atoms with E-state index in [4.69, 9.17) is 9.47 Å². The fourth-order valence-corrected chi connectivity index (χ4v) is 2.23. The molecule has 1 aromatic carbocycles. The van der Waals surface area contributed by atoms with Gasteiger partial charge in [-0.1, -0.05) is 18.2 Å². The Morgan fingerprint density at radius 2 is 1.86 bits per heavy atom. The number of rotatable bonds is 6. The van der Waals surface area contributed by atoms with E-state index >= 15 is 0 Å². The molecule has 0 N–H and O–H groups in total. The Labute approximate surface area is 129 Å². The average molecular weight is 301 g/mol. The molecule has 0 aliphatic heterocycles. The molecule has 5 nitrogen and oxygen atoms in total. The normalized spacial score (nSPS) is 11.0. The van der Waals surface area contributed by atoms with E-state index in [1.165, 1.54) is 6.08 Å². The molecule has 0 fully saturated rings. The highest BCUT2D eigenvalue weighted by Crippen LogP contribution is 2.21. The number of nitrogens with zero attached hydrogens (tertiary/aromatic N) is 1. The first-order valence-electron chi connectivity index (χ1n) is 7.24. The second kappa shape index (κ2) is 7.45. The van der Waals surface area contributed by atoms with Crippen molar-refractivity contribution in [2.75, 3.05) is 13.2 Å². The number of para-hydroxylation sites is 1. The van der Waals surface area contributed by atoms with Crippen LogP contribution in [0.1, 0.15) is 19.5 Å². The fourth-order valence-electron chi connectivity index (χ4n) is 2.23. The van der Waals surface area contributed by atoms with E-state index in [1.54, 1.807) is 19.9 Å². The molecule has 2 aromatic rings. The molecule has 0 aliphatic carbocycles. The Morgan fingerprint density at radius 1 is 1.14 bits per heavy atom. The van der Waals surface area contributed by atoms with E-state index < -0.39 is 5.97 Å². The minimum absolute atomic E-state index is 0.101. The Morgan fingerprint density at radius 3 is 2.59 bits per heavy atom. The van der Waals surface area contributed by atoms with Crippen molar-refractivity contribution >= 4 is 28.9 Å². The Kier molecular flexibility index (Phi) is 5.36. The molecule has 116 valence electrons. The summed E-state index contributed by atoms with van der Waals surface area (Å²) < 4.78 is 11.7. The van der Waals surface area contributed by atoms with E-state index in [2.05, 4.69) is 0 Å². The third-order valence-corrected chi connectivity index (χ3v) is 3.11. The summed E-state index contributed by atoms with van der Waals surface area (Å²) in [6, 6.07) is 9.64. The number of esters is 2. The average Bonchev–Trinajstić information content (AvgIpc) is 2.84. The molecule has 1 heterocycles. The second-order valence-electron chi connectivity index (χ2n) is 4.60. The number of aromatic nitrogens is 1. The second-order valence-corrected chi connectivity index (χ2v) is 4.60. The summed E-state index contributed by atoms with van der Waals surface area (Å²) in [4.78, 5) is 23.2. The van der Waals surface area contributed by atoms with Gasteiger partial charge < -0.3 is 14.0 Å². The lowest BCUT2D eigenvalue weighted by Gasteiger charge is -2.08. The van der Waals surface area contributed by atoms with Crippen LogP contribution in [-0.4, -0.2) is 29.7 Å². The molecule has 0 aliphatic rings. The van der Waals surface area contributed by atoms with E-state index in [0.717, 1.165) is 16.6 Å². The molecule has 0 saturated heterocycles. The van der Waals surface area contributed by atoms with Crippen LogP contribution in [0.5, 0.6) is 0 Å². The Bertz CT molecular complexity index is 700. The van der Waals surface area contributed by atoms with Gasteiger partial charge in [0.1, 0.15) is 6.54 Å². The van der Waals surface area contributed by atoms with Crippen molar-refractivity contribution in [3.63, 3.8) is 0 Å². The number of carbonyl (C=O) groups is 2. The van der Waals surface area contributed by atoms with Crippen molar-refractivity contribution in [2.24, 2.45) is 0 Å². The topological polar surface area (TPSA) is 57.5 Å². The number of benzene rings is 1. The lowest BCUT2D eigenvalue weighted by atomic mass is 10.2. The predicted octanol–water partition coefficient (Wildman–Crippen LogP) is 2.78. The molecule has 0 amide bonds. The highest BCUT2D eigenvalue weighted by atomic mass is 16.5. The molecule has 2 rings (SSSR count). The monoisotopic (exact) mass is 301 g/mol. The van der Waals surface area contributed by atoms with Crippen molar-refractivity contribution < 1.29 is 19.1 Å². The summed E-state index contributed by atoms with van der Waals surface area (Å²) in [6.07, 6.45) is 3.01. The summed E-state index contributed by atoms with van der Waals surface area (Å²) in [5, 5.41) is 0.996. The molecular weight excluding hydrogens is 282 g/mol. The molecule has 22 heavy (non-hydrogen) atoms. The zero-order valence-electron chi connectivity index (χ0n) is 12.7. The number of fused-ring (bicyclic) bond motifs is 1. The lowest BCUT2D eigenvalue weighted by molar-refractivity contribution is -0.143. The number of ether oxygens (including phenoxy) is 2. The van der Waals surface area contributed by atoms with E-state index in [1.807, 2.05) is 34.9 Å². The molecule has 1 aromatic heterocycles. The first-order chi connectivity index (χ1) is 10.7. The maximum absolute atomic E-state index is 11.8. The lowest BCUT2D eigenvalue weighted by Crippen LogP contribution is -2.14. The summed E-state index contributed by atoms with van der Waals surface area (Å²) in [7, 11) is 0. The quantitative estimate of drug-likeness (QED) is 0.608. The maximum atomic E-state index is 11.8. The highest BCUT2D eigenvalue weighted by Gasteiger charge is 2.11. The van der Waals surface area contributed by atoms with Gasteiger partial charge in [0.15, 0.2) is 0 Å². The van der Waals surface area contributed by atoms with Crippen LogP contribution in [0.15, 0.2) is 36.4 Å². The van der Waals surface area contributed by atoms with Crippen molar-refractivity contribution in [1.29, 1.82) is 0 Å². The summed E-state index contributed by atoms with van der Waals surface area (Å²) in [6.45, 7) is 4.29. The molecule has 0 saturated carbocycles. The van der Waals surface area contributed by atoms with Crippen molar-refractivity contribution in [1.82, 2.24) is 4.57 Å². The minimum atomic E-state index is -0.407. The van der Waals surface area contributed by atoms with Crippen molar-refractivity contribution in [3.05, 3.63) is 42.1 Å². The van der Waals surface area contributed by atoms with Gasteiger partial charge >= 0.3 is 11.9 Å². The van der Waals surface area contributed by atoms with Crippen LogP contribution in [0.25, 0.3) is 17.0 Å². The van der Waals surface area contributed by atoms with Gasteiger partial charge in [-0.2, -0.15) is 0 Å². The predicted molar refractivity (Wildman–Crippen MR) is 84.2 cm³/mol. The maximum Gasteiger partial charge on any atom is 0.330 e. The largest absolute Gasteiger partial charge is 0.465 e. The van der Waals surface area contributed by atoms with Gasteiger partial charge in [0.05, 0.1) is 13.2 Å². The Balaban J connectivity index is 2.35. The molecule has 0 unspecified atom stereocenters. The van der Waals surface area contributed by atoms with E-state index in [0.29, 0.717) is 13.2 Å². The molecule has 5 heteroatoms. The van der Waals surface area contributed by atoms with Gasteiger partial charge in [0, 0.05) is 22.7 Å². The standard InChI is InChI=1S/C17H19NO4/c1-3-21-16(19)10-9-14-11-13-7-5-6-8-15(13)18(14)12-17(20)22-4-2/h5-11H,3-4,12H2,1-2H3/b10-9+. The minimum Gasteiger partial charge on any atom is -0.465 e. The molecular formula is C17H19NO4. The van der Waals surface area contributed by atoms with Crippen LogP contribution in [-0.2, 0) is 25.6 Å². The first-order valence-corrected chi connectivity index (χ1v) is 7.24. The Hall–Kier alpha value is -2.56. The molecule has 0 spiro atoms. The molecule has 0 atom stereocenters. The third-order valence-electron chi connectivity index (χ3n) is 3.11. The van der Waals surface area contributed by atoms with Gasteiger partial charge in [-0.25, -0.2) is 4.79 Å². The number of carbonyl (C=O) groups excluding carboxylic acids is 2. The van der Waals surface area contributed by atoms with Gasteiger partial charge in [-0.3, -0.25) is 4.79 Å². The molecule has 0 bridgehead atoms. The van der Waals surface area contributed by atoms with Gasteiger partial charge in [0.25, 0.3) is 0 Å². The van der Waals surface area contributed by atoms with E-state index in [-0.39, 0.29) is 12.5 Å². The van der Waals surface area contributed by atoms with Crippen LogP contribution >= 0.6 is 0 Å². The van der Waals surface area contributed by atoms with Crippen molar-refractivity contribution in [2.45, 2.75) is 20.4 Å². The zero-order chi connectivity index (χ0) is 15.9. The van der Waals surface area contributed by atoms with Crippen LogP contribution in [0.2, 0.25) is 0 Å². The molecule has 0 radical (unpaired) electrons. The summed E-state index contributed by atoms with van der Waals surface area (Å²) in [5.74, 6) is -0.718. The summed E-state index contributed by atoms with van der Waals surface area (Å²) >= 11 is 0.